The van der Waals surface area contributed by atoms with Gasteiger partial charge in [0, 0.05) is 25.4 Å². The number of nitrogens with one attached hydrogen (secondary N) is 2. The van der Waals surface area contributed by atoms with Crippen LogP contribution in [0.5, 0.6) is 0 Å². The van der Waals surface area contributed by atoms with Crippen LogP contribution in [0.2, 0.25) is 0 Å². The van der Waals surface area contributed by atoms with Crippen LogP contribution in [0.3, 0.4) is 0 Å². The first-order valence-corrected chi connectivity index (χ1v) is 7.93. The maximum atomic E-state index is 11.7. The first kappa shape index (κ1) is 17.0. The van der Waals surface area contributed by atoms with E-state index in [0.717, 1.165) is 18.4 Å². The lowest BCUT2D eigenvalue weighted by molar-refractivity contribution is -0.123. The molecule has 1 fully saturated rings. The third kappa shape index (κ3) is 6.10. The Labute approximate surface area is 135 Å². The van der Waals surface area contributed by atoms with Gasteiger partial charge in [0.05, 0.1) is 5.56 Å². The Kier molecular flexibility index (Phi) is 6.14. The fourth-order valence-corrected chi connectivity index (χ4v) is 2.20. The molecule has 6 nitrogen and oxygen atoms in total. The average Bonchev–Trinajstić information content (AvgIpc) is 3.37. The quantitative estimate of drug-likeness (QED) is 0.599. The fraction of sp³-hybridized carbons (Fsp3) is 0.471. The van der Waals surface area contributed by atoms with Gasteiger partial charge in [0.25, 0.3) is 0 Å². The Morgan fingerprint density at radius 2 is 1.74 bits per heavy atom. The van der Waals surface area contributed by atoms with E-state index in [4.69, 9.17) is 5.11 Å². The summed E-state index contributed by atoms with van der Waals surface area (Å²) in [5.41, 5.74) is 1.23. The van der Waals surface area contributed by atoms with E-state index in [2.05, 4.69) is 10.6 Å². The summed E-state index contributed by atoms with van der Waals surface area (Å²) in [4.78, 5) is 33.8. The summed E-state index contributed by atoms with van der Waals surface area (Å²) in [7, 11) is 0. The Morgan fingerprint density at radius 3 is 2.35 bits per heavy atom. The molecule has 0 aromatic heterocycles. The molecule has 3 N–H and O–H groups in total. The lowest BCUT2D eigenvalue weighted by atomic mass is 10.1. The number of aromatic carboxylic acids is 1. The van der Waals surface area contributed by atoms with Gasteiger partial charge in [-0.05, 0) is 43.4 Å². The highest BCUT2D eigenvalue weighted by Crippen LogP contribution is 2.28. The Balaban J connectivity index is 1.55. The van der Waals surface area contributed by atoms with E-state index in [1.807, 2.05) is 0 Å². The number of rotatable bonds is 9. The molecule has 1 saturated carbocycles. The molecule has 1 aromatic rings. The van der Waals surface area contributed by atoms with Gasteiger partial charge in [0.1, 0.15) is 0 Å². The number of hydrogen-bond acceptors (Lipinski definition) is 3. The molecule has 1 aliphatic carbocycles. The maximum Gasteiger partial charge on any atom is 0.335 e. The van der Waals surface area contributed by atoms with Gasteiger partial charge in [-0.15, -0.1) is 0 Å². The Morgan fingerprint density at radius 1 is 1.04 bits per heavy atom. The molecule has 0 heterocycles. The van der Waals surface area contributed by atoms with Crippen LogP contribution in [0.1, 0.15) is 41.6 Å². The molecule has 6 heteroatoms. The lowest BCUT2D eigenvalue weighted by Crippen LogP contribution is -2.29. The van der Waals surface area contributed by atoms with Gasteiger partial charge in [-0.25, -0.2) is 4.79 Å². The molecule has 0 radical (unpaired) electrons. The molecule has 0 bridgehead atoms. The van der Waals surface area contributed by atoms with Crippen molar-refractivity contribution in [2.75, 3.05) is 13.1 Å². The molecule has 1 aromatic carbocycles. The summed E-state index contributed by atoms with van der Waals surface area (Å²) < 4.78 is 0. The highest BCUT2D eigenvalue weighted by Gasteiger charge is 2.28. The monoisotopic (exact) mass is 318 g/mol. The maximum absolute atomic E-state index is 11.7. The molecule has 1 aliphatic rings. The van der Waals surface area contributed by atoms with E-state index < -0.39 is 5.97 Å². The third-order valence-electron chi connectivity index (χ3n) is 3.76. The number of carboxylic acids is 1. The van der Waals surface area contributed by atoms with E-state index >= 15 is 0 Å². The van der Waals surface area contributed by atoms with Crippen molar-refractivity contribution in [3.8, 4) is 0 Å². The van der Waals surface area contributed by atoms with Crippen LogP contribution in [-0.4, -0.2) is 36.0 Å². The minimum absolute atomic E-state index is 0.0344. The van der Waals surface area contributed by atoms with Crippen molar-refractivity contribution >= 4 is 17.8 Å². The van der Waals surface area contributed by atoms with E-state index in [-0.39, 0.29) is 23.3 Å². The molecule has 0 unspecified atom stereocenters. The first-order chi connectivity index (χ1) is 11.1. The SMILES string of the molecule is O=C(CCCNC(=O)C1CC1)NCCc1ccc(C(=O)O)cc1. The van der Waals surface area contributed by atoms with Gasteiger partial charge in [-0.2, -0.15) is 0 Å². The average molecular weight is 318 g/mol. The minimum Gasteiger partial charge on any atom is -0.478 e. The largest absolute Gasteiger partial charge is 0.478 e. The summed E-state index contributed by atoms with van der Waals surface area (Å²) in [5, 5.41) is 14.5. The van der Waals surface area contributed by atoms with Crippen LogP contribution in [-0.2, 0) is 16.0 Å². The van der Waals surface area contributed by atoms with Gasteiger partial charge in [-0.3, -0.25) is 9.59 Å². The van der Waals surface area contributed by atoms with Crippen molar-refractivity contribution in [3.63, 3.8) is 0 Å². The molecule has 23 heavy (non-hydrogen) atoms. The van der Waals surface area contributed by atoms with Gasteiger partial charge in [0.15, 0.2) is 0 Å². The highest BCUT2D eigenvalue weighted by atomic mass is 16.4. The van der Waals surface area contributed by atoms with Crippen molar-refractivity contribution in [2.45, 2.75) is 32.1 Å². The summed E-state index contributed by atoms with van der Waals surface area (Å²) >= 11 is 0. The van der Waals surface area contributed by atoms with Gasteiger partial charge < -0.3 is 15.7 Å². The zero-order valence-electron chi connectivity index (χ0n) is 13.0. The molecule has 0 aliphatic heterocycles. The van der Waals surface area contributed by atoms with Crippen LogP contribution < -0.4 is 10.6 Å². The second-order valence-electron chi connectivity index (χ2n) is 5.77. The number of carboxylic acid groups (broad SMARTS) is 1. The van der Waals surface area contributed by atoms with Crippen LogP contribution in [0.15, 0.2) is 24.3 Å². The zero-order valence-corrected chi connectivity index (χ0v) is 13.0. The van der Waals surface area contributed by atoms with E-state index in [1.54, 1.807) is 24.3 Å². The molecular formula is C17H22N2O4. The molecule has 2 rings (SSSR count). The number of amides is 2. The number of carbonyl (C=O) groups is 3. The summed E-state index contributed by atoms with van der Waals surface area (Å²) in [5.74, 6) is -0.669. The van der Waals surface area contributed by atoms with Gasteiger partial charge in [0.2, 0.25) is 11.8 Å². The van der Waals surface area contributed by atoms with Crippen molar-refractivity contribution < 1.29 is 19.5 Å². The van der Waals surface area contributed by atoms with Crippen molar-refractivity contribution in [3.05, 3.63) is 35.4 Å². The third-order valence-corrected chi connectivity index (χ3v) is 3.76. The minimum atomic E-state index is -0.946. The van der Waals surface area contributed by atoms with Crippen LogP contribution in [0.4, 0.5) is 0 Å². The Bertz CT molecular complexity index is 564. The number of benzene rings is 1. The Hall–Kier alpha value is -2.37. The highest BCUT2D eigenvalue weighted by molar-refractivity contribution is 5.87. The molecule has 2 amide bonds. The second-order valence-corrected chi connectivity index (χ2v) is 5.77. The van der Waals surface area contributed by atoms with Crippen LogP contribution in [0.25, 0.3) is 0 Å². The lowest BCUT2D eigenvalue weighted by Gasteiger charge is -2.06. The molecule has 0 spiro atoms. The molecule has 124 valence electrons. The summed E-state index contributed by atoms with van der Waals surface area (Å²) in [6, 6.07) is 6.62. The van der Waals surface area contributed by atoms with E-state index in [0.29, 0.717) is 32.4 Å². The molecular weight excluding hydrogens is 296 g/mol. The van der Waals surface area contributed by atoms with Crippen LogP contribution in [0, 0.1) is 5.92 Å². The van der Waals surface area contributed by atoms with E-state index in [9.17, 15) is 14.4 Å². The van der Waals surface area contributed by atoms with Gasteiger partial charge in [-0.1, -0.05) is 12.1 Å². The zero-order chi connectivity index (χ0) is 16.7. The predicted octanol–water partition coefficient (Wildman–Crippen LogP) is 1.35. The summed E-state index contributed by atoms with van der Waals surface area (Å²) in [6.07, 6.45) is 3.66. The van der Waals surface area contributed by atoms with Crippen molar-refractivity contribution in [1.29, 1.82) is 0 Å². The fourth-order valence-electron chi connectivity index (χ4n) is 2.20. The van der Waals surface area contributed by atoms with Crippen molar-refractivity contribution in [1.82, 2.24) is 10.6 Å². The molecule has 0 atom stereocenters. The van der Waals surface area contributed by atoms with E-state index in [1.165, 1.54) is 0 Å². The number of hydrogen-bond donors (Lipinski definition) is 3. The number of carbonyl (C=O) groups excluding carboxylic acids is 2. The second kappa shape index (κ2) is 8.31. The van der Waals surface area contributed by atoms with Gasteiger partial charge >= 0.3 is 5.97 Å². The van der Waals surface area contributed by atoms with Crippen molar-refractivity contribution in [2.24, 2.45) is 5.92 Å². The predicted molar refractivity (Wildman–Crippen MR) is 85.1 cm³/mol. The normalized spacial score (nSPS) is 13.4. The first-order valence-electron chi connectivity index (χ1n) is 7.93. The summed E-state index contributed by atoms with van der Waals surface area (Å²) in [6.45, 7) is 1.05. The smallest absolute Gasteiger partial charge is 0.335 e. The van der Waals surface area contributed by atoms with Crippen LogP contribution >= 0.6 is 0 Å². The topological polar surface area (TPSA) is 95.5 Å². The molecule has 0 saturated heterocycles. The standard InChI is InChI=1S/C17H22N2O4/c20-15(2-1-10-19-16(21)13-7-8-13)18-11-9-12-3-5-14(6-4-12)17(22)23/h3-6,13H,1-2,7-11H2,(H,18,20)(H,19,21)(H,22,23).